The summed E-state index contributed by atoms with van der Waals surface area (Å²) >= 11 is 1.99. The molecule has 6 rings (SSSR count). The van der Waals surface area contributed by atoms with Gasteiger partial charge in [0.15, 0.2) is 12.4 Å². The number of carbonyl (C=O) groups is 2. The number of nitrogens with zero attached hydrogens (tertiary/aromatic N) is 2. The van der Waals surface area contributed by atoms with E-state index in [0.717, 1.165) is 73.5 Å². The molecule has 280 valence electrons. The Balaban J connectivity index is 0.988. The summed E-state index contributed by atoms with van der Waals surface area (Å²) < 4.78 is 11.7. The fourth-order valence-corrected chi connectivity index (χ4v) is 8.94. The van der Waals surface area contributed by atoms with Crippen LogP contribution in [0, 0.1) is 5.92 Å². The lowest BCUT2D eigenvalue weighted by Crippen LogP contribution is -2.41. The topological polar surface area (TPSA) is 124 Å². The van der Waals surface area contributed by atoms with Crippen LogP contribution in [0.2, 0.25) is 0 Å². The van der Waals surface area contributed by atoms with Crippen LogP contribution in [0.3, 0.4) is 0 Å². The summed E-state index contributed by atoms with van der Waals surface area (Å²) in [6, 6.07) is 20.0. The van der Waals surface area contributed by atoms with Gasteiger partial charge in [0.1, 0.15) is 17.2 Å². The van der Waals surface area contributed by atoms with Crippen molar-refractivity contribution in [1.29, 1.82) is 0 Å². The van der Waals surface area contributed by atoms with Gasteiger partial charge in [-0.3, -0.25) is 9.59 Å². The Labute approximate surface area is 312 Å². The van der Waals surface area contributed by atoms with Gasteiger partial charge in [-0.05, 0) is 111 Å². The number of piperidine rings is 1. The van der Waals surface area contributed by atoms with Crippen LogP contribution < -0.4 is 15.4 Å². The van der Waals surface area contributed by atoms with Gasteiger partial charge < -0.3 is 40.1 Å². The van der Waals surface area contributed by atoms with Crippen molar-refractivity contribution < 1.29 is 29.3 Å². The summed E-state index contributed by atoms with van der Waals surface area (Å²) in [5.41, 5.74) is 4.38. The standard InChI is InChI=1S/C41H54N4O6S/c1-44-20-16-41(17-21-44,33-5-3-2-4-6-33)34-27-30(7-9-35(34)46)12-23-50-24-13-38(49)45(28-31-14-25-52-26-15-31)22-19-42-18-11-32-8-10-36(47)39-40(32)51-29-37(48)43-39/h2-10,27,31,42,46-47H,11-26,28-29H2,1H3,(H,43,48). The number of hydrogen-bond donors (Lipinski definition) is 4. The highest BCUT2D eigenvalue weighted by atomic mass is 32.2. The predicted octanol–water partition coefficient (Wildman–Crippen LogP) is 5.19. The smallest absolute Gasteiger partial charge is 0.262 e. The van der Waals surface area contributed by atoms with E-state index < -0.39 is 0 Å². The third-order valence-corrected chi connectivity index (χ3v) is 11.9. The molecule has 2 amide bonds. The van der Waals surface area contributed by atoms with Gasteiger partial charge in [-0.15, -0.1) is 0 Å². The summed E-state index contributed by atoms with van der Waals surface area (Å²) in [7, 11) is 2.16. The average Bonchev–Trinajstić information content (AvgIpc) is 3.17. The van der Waals surface area contributed by atoms with Crippen molar-refractivity contribution in [2.45, 2.75) is 50.4 Å². The maximum absolute atomic E-state index is 13.5. The van der Waals surface area contributed by atoms with Gasteiger partial charge in [-0.1, -0.05) is 48.5 Å². The molecule has 3 heterocycles. The van der Waals surface area contributed by atoms with Crippen molar-refractivity contribution in [1.82, 2.24) is 15.1 Å². The quantitative estimate of drug-likeness (QED) is 0.117. The molecule has 3 aromatic carbocycles. The maximum atomic E-state index is 13.5. The van der Waals surface area contributed by atoms with Crippen molar-refractivity contribution in [3.8, 4) is 17.2 Å². The lowest BCUT2D eigenvalue weighted by molar-refractivity contribution is -0.133. The number of benzene rings is 3. The second-order valence-corrected chi connectivity index (χ2v) is 15.6. The van der Waals surface area contributed by atoms with E-state index in [1.165, 1.54) is 5.56 Å². The van der Waals surface area contributed by atoms with Gasteiger partial charge >= 0.3 is 0 Å². The van der Waals surface area contributed by atoms with E-state index in [9.17, 15) is 19.8 Å². The largest absolute Gasteiger partial charge is 0.508 e. The molecule has 3 aromatic rings. The third-order valence-electron chi connectivity index (χ3n) is 10.9. The Bertz CT molecular complexity index is 1640. The molecule has 3 aliphatic heterocycles. The van der Waals surface area contributed by atoms with E-state index in [-0.39, 0.29) is 29.6 Å². The molecule has 52 heavy (non-hydrogen) atoms. The normalized spacial score (nSPS) is 17.6. The van der Waals surface area contributed by atoms with Crippen molar-refractivity contribution >= 4 is 29.3 Å². The molecule has 0 radical (unpaired) electrons. The number of amides is 2. The highest BCUT2D eigenvalue weighted by Gasteiger charge is 2.39. The number of likely N-dealkylation sites (tertiary alicyclic amines) is 1. The van der Waals surface area contributed by atoms with Gasteiger partial charge in [-0.25, -0.2) is 0 Å². The summed E-state index contributed by atoms with van der Waals surface area (Å²) in [6.07, 6.45) is 5.88. The minimum Gasteiger partial charge on any atom is -0.508 e. The molecule has 11 heteroatoms. The molecular weight excluding hydrogens is 677 g/mol. The monoisotopic (exact) mass is 730 g/mol. The number of carbonyl (C=O) groups excluding carboxylic acids is 2. The number of nitrogens with one attached hydrogen (secondary N) is 2. The molecule has 0 atom stereocenters. The molecule has 2 saturated heterocycles. The molecule has 0 saturated carbocycles. The van der Waals surface area contributed by atoms with Crippen molar-refractivity contribution in [2.75, 3.05) is 83.0 Å². The van der Waals surface area contributed by atoms with Crippen LogP contribution >= 0.6 is 11.8 Å². The van der Waals surface area contributed by atoms with Gasteiger partial charge in [0, 0.05) is 30.6 Å². The van der Waals surface area contributed by atoms with Crippen LogP contribution in [-0.2, 0) is 32.6 Å². The Hall–Kier alpha value is -3.77. The highest BCUT2D eigenvalue weighted by Crippen LogP contribution is 2.45. The van der Waals surface area contributed by atoms with E-state index in [1.54, 1.807) is 6.07 Å². The average molecular weight is 731 g/mol. The van der Waals surface area contributed by atoms with Crippen LogP contribution in [-0.4, -0.2) is 109 Å². The number of hydrogen-bond acceptors (Lipinski definition) is 9. The van der Waals surface area contributed by atoms with Crippen molar-refractivity contribution in [3.05, 3.63) is 82.9 Å². The number of phenolic OH excluding ortho intramolecular Hbond substituents is 2. The maximum Gasteiger partial charge on any atom is 0.262 e. The SMILES string of the molecule is CN1CCC(c2ccccc2)(c2cc(CCOCCC(=O)N(CCNCCc3ccc(O)c4c3OCC(=O)N4)CC3CCSCC3)ccc2O)CC1. The molecule has 0 bridgehead atoms. The first-order valence-electron chi connectivity index (χ1n) is 18.8. The van der Waals surface area contributed by atoms with E-state index >= 15 is 0 Å². The summed E-state index contributed by atoms with van der Waals surface area (Å²) in [4.78, 5) is 29.6. The van der Waals surface area contributed by atoms with Gasteiger partial charge in [0.2, 0.25) is 5.91 Å². The Morgan fingerprint density at radius 3 is 2.58 bits per heavy atom. The molecule has 4 N–H and O–H groups in total. The Kier molecular flexibility index (Phi) is 13.4. The molecule has 0 unspecified atom stereocenters. The lowest BCUT2D eigenvalue weighted by Gasteiger charge is -2.42. The zero-order chi connectivity index (χ0) is 36.3. The lowest BCUT2D eigenvalue weighted by atomic mass is 9.67. The molecule has 0 aliphatic carbocycles. The van der Waals surface area contributed by atoms with Crippen LogP contribution in [0.25, 0.3) is 0 Å². The van der Waals surface area contributed by atoms with E-state index in [2.05, 4.69) is 52.9 Å². The number of rotatable bonds is 16. The fourth-order valence-electron chi connectivity index (χ4n) is 7.73. The minimum atomic E-state index is -0.281. The molecule has 3 aliphatic rings. The number of phenols is 2. The number of ether oxygens (including phenoxy) is 2. The zero-order valence-electron chi connectivity index (χ0n) is 30.4. The van der Waals surface area contributed by atoms with Crippen LogP contribution in [0.15, 0.2) is 60.7 Å². The number of aromatic hydroxyl groups is 2. The van der Waals surface area contributed by atoms with Crippen LogP contribution in [0.5, 0.6) is 17.2 Å². The molecule has 0 spiro atoms. The van der Waals surface area contributed by atoms with Gasteiger partial charge in [-0.2, -0.15) is 11.8 Å². The number of fused-ring (bicyclic) bond motifs is 1. The zero-order valence-corrected chi connectivity index (χ0v) is 31.2. The van der Waals surface area contributed by atoms with E-state index in [0.29, 0.717) is 75.2 Å². The van der Waals surface area contributed by atoms with Crippen LogP contribution in [0.1, 0.15) is 54.4 Å². The molecule has 10 nitrogen and oxygen atoms in total. The Morgan fingerprint density at radius 1 is 1.02 bits per heavy atom. The highest BCUT2D eigenvalue weighted by molar-refractivity contribution is 7.99. The second-order valence-electron chi connectivity index (χ2n) is 14.4. The van der Waals surface area contributed by atoms with Crippen LogP contribution in [0.4, 0.5) is 5.69 Å². The van der Waals surface area contributed by atoms with Crippen molar-refractivity contribution in [3.63, 3.8) is 0 Å². The number of thioether (sulfide) groups is 1. The predicted molar refractivity (Wildman–Crippen MR) is 207 cm³/mol. The van der Waals surface area contributed by atoms with E-state index in [1.807, 2.05) is 40.9 Å². The number of anilines is 1. The third kappa shape index (κ3) is 9.60. The summed E-state index contributed by atoms with van der Waals surface area (Å²) in [5, 5.41) is 27.4. The van der Waals surface area contributed by atoms with Crippen molar-refractivity contribution in [2.24, 2.45) is 5.92 Å². The summed E-state index contributed by atoms with van der Waals surface area (Å²) in [6.45, 7) is 5.49. The Morgan fingerprint density at radius 2 is 1.79 bits per heavy atom. The van der Waals surface area contributed by atoms with E-state index in [4.69, 9.17) is 9.47 Å². The first-order chi connectivity index (χ1) is 25.3. The first-order valence-corrected chi connectivity index (χ1v) is 20.0. The summed E-state index contributed by atoms with van der Waals surface area (Å²) in [5.74, 6) is 3.52. The minimum absolute atomic E-state index is 0.00624. The molecular formula is C41H54N4O6S. The second kappa shape index (κ2) is 18.3. The fraction of sp³-hybridized carbons (Fsp3) is 0.512. The molecule has 2 fully saturated rings. The molecule has 0 aromatic heterocycles. The van der Waals surface area contributed by atoms with Gasteiger partial charge in [0.05, 0.1) is 19.6 Å². The van der Waals surface area contributed by atoms with Gasteiger partial charge in [0.25, 0.3) is 5.91 Å². The first kappa shape index (κ1) is 38.0.